The summed E-state index contributed by atoms with van der Waals surface area (Å²) in [6.45, 7) is 16.5. The SMILES string of the molecule is C=CCN(Cc1ccccc1)C(=O)C1N([C@@H](CO)C(C)C)C(=O)[C@@H]2[C@@H](C(=O)N(CC=C)c3ccc(OCC)cc3)[C@@]3(C)CCC12O3. The van der Waals surface area contributed by atoms with Crippen molar-refractivity contribution in [3.8, 4) is 5.75 Å². The van der Waals surface area contributed by atoms with E-state index < -0.39 is 35.1 Å². The molecule has 46 heavy (non-hydrogen) atoms. The molecule has 3 aliphatic heterocycles. The van der Waals surface area contributed by atoms with Crippen molar-refractivity contribution < 1.29 is 29.0 Å². The van der Waals surface area contributed by atoms with Crippen LogP contribution in [0.4, 0.5) is 5.69 Å². The molecule has 3 saturated heterocycles. The number of aliphatic hydroxyl groups excluding tert-OH is 1. The number of fused-ring (bicyclic) bond motifs is 1. The van der Waals surface area contributed by atoms with Crippen molar-refractivity contribution >= 4 is 23.4 Å². The van der Waals surface area contributed by atoms with Crippen molar-refractivity contribution in [2.45, 2.75) is 70.4 Å². The number of carbonyl (C=O) groups excluding carboxylic acids is 3. The van der Waals surface area contributed by atoms with E-state index in [1.807, 2.05) is 82.3 Å². The smallest absolute Gasteiger partial charge is 0.249 e. The minimum atomic E-state index is -1.22. The number of amides is 3. The van der Waals surface area contributed by atoms with Crippen molar-refractivity contribution in [1.82, 2.24) is 9.80 Å². The number of aliphatic hydroxyl groups is 1. The fourth-order valence-corrected chi connectivity index (χ4v) is 7.87. The second kappa shape index (κ2) is 13.4. The van der Waals surface area contributed by atoms with E-state index in [4.69, 9.17) is 9.47 Å². The van der Waals surface area contributed by atoms with Crippen molar-refractivity contribution in [2.75, 3.05) is 31.2 Å². The maximum Gasteiger partial charge on any atom is 0.249 e. The first kappa shape index (κ1) is 33.4. The number of hydrogen-bond donors (Lipinski definition) is 1. The lowest BCUT2D eigenvalue weighted by Gasteiger charge is -2.40. The van der Waals surface area contributed by atoms with E-state index in [1.165, 1.54) is 0 Å². The normalized spacial score (nSPS) is 27.0. The van der Waals surface area contributed by atoms with Gasteiger partial charge in [0, 0.05) is 25.3 Å². The quantitative estimate of drug-likeness (QED) is 0.307. The van der Waals surface area contributed by atoms with Gasteiger partial charge >= 0.3 is 0 Å². The summed E-state index contributed by atoms with van der Waals surface area (Å²) in [7, 11) is 0. The average molecular weight is 630 g/mol. The van der Waals surface area contributed by atoms with E-state index in [0.29, 0.717) is 37.4 Å². The minimum absolute atomic E-state index is 0.149. The molecule has 0 aromatic heterocycles. The predicted molar refractivity (Wildman–Crippen MR) is 177 cm³/mol. The molecule has 1 N–H and O–H groups in total. The van der Waals surface area contributed by atoms with E-state index in [-0.39, 0.29) is 43.3 Å². The molecular formula is C37H47N3O6. The van der Waals surface area contributed by atoms with Gasteiger partial charge in [0.2, 0.25) is 17.7 Å². The lowest BCUT2D eigenvalue weighted by Crippen LogP contribution is -2.59. The third kappa shape index (κ3) is 5.64. The molecule has 1 spiro atoms. The van der Waals surface area contributed by atoms with E-state index >= 15 is 0 Å². The number of hydrogen-bond acceptors (Lipinski definition) is 6. The highest BCUT2D eigenvalue weighted by atomic mass is 16.5. The van der Waals surface area contributed by atoms with Gasteiger partial charge in [0.15, 0.2) is 0 Å². The van der Waals surface area contributed by atoms with Gasteiger partial charge in [-0.1, -0.05) is 56.3 Å². The maximum absolute atomic E-state index is 14.8. The van der Waals surface area contributed by atoms with Crippen LogP contribution in [0.5, 0.6) is 5.75 Å². The van der Waals surface area contributed by atoms with Crippen LogP contribution in [0.1, 0.15) is 46.1 Å². The van der Waals surface area contributed by atoms with Crippen LogP contribution < -0.4 is 9.64 Å². The Morgan fingerprint density at radius 2 is 1.74 bits per heavy atom. The van der Waals surface area contributed by atoms with Gasteiger partial charge in [-0.3, -0.25) is 14.4 Å². The monoisotopic (exact) mass is 629 g/mol. The molecule has 2 aromatic carbocycles. The van der Waals surface area contributed by atoms with Crippen molar-refractivity contribution in [1.29, 1.82) is 0 Å². The number of benzene rings is 2. The molecule has 2 bridgehead atoms. The molecule has 3 heterocycles. The van der Waals surface area contributed by atoms with Gasteiger partial charge in [0.1, 0.15) is 17.4 Å². The molecular weight excluding hydrogens is 582 g/mol. The fraction of sp³-hybridized carbons (Fsp3) is 0.486. The van der Waals surface area contributed by atoms with Crippen LogP contribution in [0, 0.1) is 17.8 Å². The van der Waals surface area contributed by atoms with Crippen molar-refractivity contribution in [3.63, 3.8) is 0 Å². The third-order valence-corrected chi connectivity index (χ3v) is 9.94. The Labute approximate surface area is 272 Å². The Morgan fingerprint density at radius 3 is 2.33 bits per heavy atom. The van der Waals surface area contributed by atoms with E-state index in [9.17, 15) is 19.5 Å². The molecule has 0 radical (unpaired) electrons. The predicted octanol–water partition coefficient (Wildman–Crippen LogP) is 4.60. The van der Waals surface area contributed by atoms with Crippen LogP contribution in [0.15, 0.2) is 79.9 Å². The standard InChI is InChI=1S/C37H47N3O6/c1-7-21-38(23-26-13-11-10-12-14-26)35(44)32-37-20-19-36(6,46-37)30(31(37)34(43)40(32)29(24-41)25(4)5)33(42)39(22-8-2)27-15-17-28(18-16-27)45-9-3/h7-8,10-18,25,29-32,41H,1-2,9,19-24H2,3-6H3/t29-,30-,31-,32?,36+,37?/m0/s1. The minimum Gasteiger partial charge on any atom is -0.494 e. The Hall–Kier alpha value is -3.95. The highest BCUT2D eigenvalue weighted by Gasteiger charge is 2.79. The number of ether oxygens (including phenoxy) is 2. The van der Waals surface area contributed by atoms with E-state index in [1.54, 1.807) is 26.9 Å². The summed E-state index contributed by atoms with van der Waals surface area (Å²) in [5.41, 5.74) is -0.584. The van der Waals surface area contributed by atoms with E-state index in [2.05, 4.69) is 13.2 Å². The second-order valence-corrected chi connectivity index (χ2v) is 13.1. The summed E-state index contributed by atoms with van der Waals surface area (Å²) in [4.78, 5) is 49.1. The van der Waals surface area contributed by atoms with Gasteiger partial charge in [-0.05, 0) is 62.4 Å². The van der Waals surface area contributed by atoms with Gasteiger partial charge in [0.25, 0.3) is 0 Å². The Balaban J connectivity index is 1.58. The van der Waals surface area contributed by atoms with Gasteiger partial charge in [0.05, 0.1) is 36.7 Å². The first-order valence-electron chi connectivity index (χ1n) is 16.3. The van der Waals surface area contributed by atoms with Gasteiger partial charge < -0.3 is 29.3 Å². The zero-order chi connectivity index (χ0) is 33.2. The third-order valence-electron chi connectivity index (χ3n) is 9.94. The molecule has 0 saturated carbocycles. The molecule has 5 rings (SSSR count). The molecule has 3 amide bonds. The topological polar surface area (TPSA) is 99.6 Å². The molecule has 9 nitrogen and oxygen atoms in total. The summed E-state index contributed by atoms with van der Waals surface area (Å²) in [6, 6.07) is 15.3. The van der Waals surface area contributed by atoms with Crippen LogP contribution in [-0.4, -0.2) is 82.2 Å². The summed E-state index contributed by atoms with van der Waals surface area (Å²) in [5.74, 6) is -2.03. The molecule has 0 aliphatic carbocycles. The number of rotatable bonds is 14. The van der Waals surface area contributed by atoms with Gasteiger partial charge in [-0.25, -0.2) is 0 Å². The lowest BCUT2D eigenvalue weighted by atomic mass is 9.66. The zero-order valence-corrected chi connectivity index (χ0v) is 27.4. The van der Waals surface area contributed by atoms with E-state index in [0.717, 1.165) is 5.56 Å². The highest BCUT2D eigenvalue weighted by Crippen LogP contribution is 2.64. The molecule has 2 unspecified atom stereocenters. The number of nitrogens with zero attached hydrogens (tertiary/aromatic N) is 3. The van der Waals surface area contributed by atoms with Crippen molar-refractivity contribution in [3.05, 3.63) is 85.5 Å². The Morgan fingerprint density at radius 1 is 1.07 bits per heavy atom. The Kier molecular flexibility index (Phi) is 9.75. The highest BCUT2D eigenvalue weighted by molar-refractivity contribution is 6.03. The van der Waals surface area contributed by atoms with Crippen LogP contribution >= 0.6 is 0 Å². The summed E-state index contributed by atoms with van der Waals surface area (Å²) in [6.07, 6.45) is 4.30. The van der Waals surface area contributed by atoms with Crippen LogP contribution in [0.25, 0.3) is 0 Å². The molecule has 3 fully saturated rings. The average Bonchev–Trinajstić information content (AvgIpc) is 3.61. The van der Waals surface area contributed by atoms with Crippen LogP contribution in [0.3, 0.4) is 0 Å². The molecule has 2 aromatic rings. The molecule has 246 valence electrons. The number of carbonyl (C=O) groups is 3. The van der Waals surface area contributed by atoms with Crippen LogP contribution in [0.2, 0.25) is 0 Å². The van der Waals surface area contributed by atoms with Gasteiger partial charge in [-0.15, -0.1) is 13.2 Å². The fourth-order valence-electron chi connectivity index (χ4n) is 7.87. The zero-order valence-electron chi connectivity index (χ0n) is 27.4. The maximum atomic E-state index is 14.8. The number of anilines is 1. The van der Waals surface area contributed by atoms with Crippen LogP contribution in [-0.2, 0) is 25.7 Å². The molecule has 3 aliphatic rings. The van der Waals surface area contributed by atoms with Crippen molar-refractivity contribution in [2.24, 2.45) is 17.8 Å². The van der Waals surface area contributed by atoms with Gasteiger partial charge in [-0.2, -0.15) is 0 Å². The second-order valence-electron chi connectivity index (χ2n) is 13.1. The molecule has 6 atom stereocenters. The molecule has 9 heteroatoms. The number of likely N-dealkylation sites (tertiary alicyclic amines) is 1. The summed E-state index contributed by atoms with van der Waals surface area (Å²) >= 11 is 0. The summed E-state index contributed by atoms with van der Waals surface area (Å²) < 4.78 is 12.5. The Bertz CT molecular complexity index is 1440. The lowest BCUT2D eigenvalue weighted by molar-refractivity contribution is -0.156. The first-order valence-corrected chi connectivity index (χ1v) is 16.3. The summed E-state index contributed by atoms with van der Waals surface area (Å²) in [5, 5.41) is 10.6. The first-order chi connectivity index (χ1) is 22.1. The largest absolute Gasteiger partial charge is 0.494 e.